The maximum Gasteiger partial charge on any atom is 0.139 e. The third-order valence-electron chi connectivity index (χ3n) is 3.93. The lowest BCUT2D eigenvalue weighted by Crippen LogP contribution is -2.40. The lowest BCUT2D eigenvalue weighted by molar-refractivity contribution is -0.0140. The molecule has 0 aromatic carbocycles. The van der Waals surface area contributed by atoms with Crippen LogP contribution >= 0.6 is 0 Å². The normalized spacial score (nSPS) is 22.6. The molecular formula is C14H23NO3. The van der Waals surface area contributed by atoms with Crippen LogP contribution < -0.4 is 5.73 Å². The molecule has 1 unspecified atom stereocenters. The van der Waals surface area contributed by atoms with E-state index < -0.39 is 18.2 Å². The molecule has 1 heterocycles. The van der Waals surface area contributed by atoms with Crippen LogP contribution in [0.3, 0.4) is 0 Å². The largest absolute Gasteiger partial charge is 0.466 e. The number of furan rings is 1. The highest BCUT2D eigenvalue weighted by atomic mass is 16.4. The van der Waals surface area contributed by atoms with Crippen molar-refractivity contribution < 1.29 is 14.6 Å². The minimum Gasteiger partial charge on any atom is -0.466 e. The lowest BCUT2D eigenvalue weighted by Gasteiger charge is -2.28. The van der Waals surface area contributed by atoms with Gasteiger partial charge in [-0.1, -0.05) is 32.1 Å². The minimum atomic E-state index is -1.03. The Bertz CT molecular complexity index is 333. The quantitative estimate of drug-likeness (QED) is 0.749. The Morgan fingerprint density at radius 1 is 1.28 bits per heavy atom. The monoisotopic (exact) mass is 253 g/mol. The molecule has 0 bridgehead atoms. The van der Waals surface area contributed by atoms with Crippen molar-refractivity contribution in [2.24, 2.45) is 11.7 Å². The van der Waals surface area contributed by atoms with Gasteiger partial charge in [0, 0.05) is 6.04 Å². The summed E-state index contributed by atoms with van der Waals surface area (Å²) < 4.78 is 5.09. The molecule has 1 aromatic rings. The van der Waals surface area contributed by atoms with Crippen LogP contribution in [0.4, 0.5) is 0 Å². The van der Waals surface area contributed by atoms with Crippen LogP contribution in [0.25, 0.3) is 0 Å². The maximum absolute atomic E-state index is 10.1. The molecule has 1 saturated carbocycles. The Kier molecular flexibility index (Phi) is 4.80. The molecule has 4 nitrogen and oxygen atoms in total. The van der Waals surface area contributed by atoms with Gasteiger partial charge in [-0.25, -0.2) is 0 Å². The van der Waals surface area contributed by atoms with Crippen molar-refractivity contribution in [2.45, 2.75) is 56.8 Å². The minimum absolute atomic E-state index is 0.376. The van der Waals surface area contributed by atoms with Crippen LogP contribution in [0.2, 0.25) is 0 Å². The van der Waals surface area contributed by atoms with E-state index in [1.807, 2.05) is 0 Å². The molecule has 0 spiro atoms. The Labute approximate surface area is 108 Å². The summed E-state index contributed by atoms with van der Waals surface area (Å²) in [4.78, 5) is 0. The fourth-order valence-corrected chi connectivity index (χ4v) is 2.81. The van der Waals surface area contributed by atoms with Crippen molar-refractivity contribution in [1.82, 2.24) is 0 Å². The topological polar surface area (TPSA) is 79.6 Å². The van der Waals surface area contributed by atoms with E-state index in [4.69, 9.17) is 10.2 Å². The van der Waals surface area contributed by atoms with Gasteiger partial charge in [0.15, 0.2) is 0 Å². The molecule has 1 aliphatic rings. The van der Waals surface area contributed by atoms with Gasteiger partial charge in [-0.15, -0.1) is 0 Å². The molecule has 3 atom stereocenters. The molecule has 0 saturated heterocycles. The zero-order valence-corrected chi connectivity index (χ0v) is 10.7. The summed E-state index contributed by atoms with van der Waals surface area (Å²) in [6.45, 7) is 0. The summed E-state index contributed by atoms with van der Waals surface area (Å²) in [7, 11) is 0. The van der Waals surface area contributed by atoms with Gasteiger partial charge in [0.1, 0.15) is 18.0 Å². The number of nitrogens with two attached hydrogens (primary N) is 1. The predicted octanol–water partition coefficient (Wildman–Crippen LogP) is 1.97. The second-order valence-electron chi connectivity index (χ2n) is 5.35. The first-order chi connectivity index (χ1) is 8.68. The highest BCUT2D eigenvalue weighted by Crippen LogP contribution is 2.29. The van der Waals surface area contributed by atoms with E-state index in [9.17, 15) is 10.2 Å². The van der Waals surface area contributed by atoms with E-state index in [0.29, 0.717) is 11.7 Å². The van der Waals surface area contributed by atoms with Gasteiger partial charge in [0.25, 0.3) is 0 Å². The fourth-order valence-electron chi connectivity index (χ4n) is 2.81. The summed E-state index contributed by atoms with van der Waals surface area (Å²) >= 11 is 0. The van der Waals surface area contributed by atoms with Crippen molar-refractivity contribution in [2.75, 3.05) is 0 Å². The highest BCUT2D eigenvalue weighted by molar-refractivity contribution is 5.05. The lowest BCUT2D eigenvalue weighted by atomic mass is 9.83. The summed E-state index contributed by atoms with van der Waals surface area (Å²) in [5.74, 6) is 0.966. The van der Waals surface area contributed by atoms with E-state index >= 15 is 0 Å². The number of aliphatic hydroxyl groups excluding tert-OH is 2. The van der Waals surface area contributed by atoms with E-state index in [1.165, 1.54) is 38.4 Å². The number of rotatable bonds is 5. The molecule has 0 aliphatic heterocycles. The number of hydrogen-bond donors (Lipinski definition) is 3. The first kappa shape index (κ1) is 13.6. The van der Waals surface area contributed by atoms with Crippen LogP contribution in [-0.2, 0) is 0 Å². The van der Waals surface area contributed by atoms with Crippen molar-refractivity contribution in [3.63, 3.8) is 0 Å². The smallest absolute Gasteiger partial charge is 0.139 e. The summed E-state index contributed by atoms with van der Waals surface area (Å²) in [5, 5.41) is 20.0. The van der Waals surface area contributed by atoms with Gasteiger partial charge in [-0.05, 0) is 24.5 Å². The molecule has 102 valence electrons. The second-order valence-corrected chi connectivity index (χ2v) is 5.35. The third-order valence-corrected chi connectivity index (χ3v) is 3.93. The molecule has 1 aliphatic carbocycles. The van der Waals surface area contributed by atoms with Crippen LogP contribution in [0.15, 0.2) is 22.8 Å². The standard InChI is InChI=1S/C14H23NO3/c15-11(9-10-5-2-1-3-6-10)13(16)14(17)12-7-4-8-18-12/h4,7-8,10-11,13-14,16-17H,1-3,5-6,9,15H2/t11-,13+,14?/m0/s1. The summed E-state index contributed by atoms with van der Waals surface area (Å²) in [5.41, 5.74) is 6.00. The molecule has 1 fully saturated rings. The van der Waals surface area contributed by atoms with Crippen LogP contribution in [0.5, 0.6) is 0 Å². The van der Waals surface area contributed by atoms with Crippen LogP contribution in [0.1, 0.15) is 50.4 Å². The molecule has 0 radical (unpaired) electrons. The van der Waals surface area contributed by atoms with Crippen LogP contribution in [0, 0.1) is 5.92 Å². The fraction of sp³-hybridized carbons (Fsp3) is 0.714. The van der Waals surface area contributed by atoms with E-state index in [0.717, 1.165) is 6.42 Å². The zero-order chi connectivity index (χ0) is 13.0. The van der Waals surface area contributed by atoms with Crippen molar-refractivity contribution in [3.05, 3.63) is 24.2 Å². The molecule has 0 amide bonds. The van der Waals surface area contributed by atoms with Gasteiger partial charge in [-0.3, -0.25) is 0 Å². The molecular weight excluding hydrogens is 230 g/mol. The Morgan fingerprint density at radius 3 is 2.61 bits per heavy atom. The maximum atomic E-state index is 10.1. The molecule has 1 aromatic heterocycles. The van der Waals surface area contributed by atoms with Gasteiger partial charge in [0.05, 0.1) is 6.26 Å². The van der Waals surface area contributed by atoms with Crippen molar-refractivity contribution in [1.29, 1.82) is 0 Å². The Morgan fingerprint density at radius 2 is 2.00 bits per heavy atom. The van der Waals surface area contributed by atoms with Gasteiger partial charge >= 0.3 is 0 Å². The van der Waals surface area contributed by atoms with Gasteiger partial charge < -0.3 is 20.4 Å². The van der Waals surface area contributed by atoms with E-state index in [1.54, 1.807) is 12.1 Å². The number of aliphatic hydroxyl groups is 2. The molecule has 18 heavy (non-hydrogen) atoms. The van der Waals surface area contributed by atoms with Crippen LogP contribution in [-0.4, -0.2) is 22.4 Å². The molecule has 4 heteroatoms. The summed E-state index contributed by atoms with van der Waals surface area (Å²) in [6, 6.07) is 2.95. The zero-order valence-electron chi connectivity index (χ0n) is 10.7. The Balaban J connectivity index is 1.85. The Hall–Kier alpha value is -0.840. The van der Waals surface area contributed by atoms with Gasteiger partial charge in [0.2, 0.25) is 0 Å². The third kappa shape index (κ3) is 3.34. The molecule has 2 rings (SSSR count). The first-order valence-corrected chi connectivity index (χ1v) is 6.83. The first-order valence-electron chi connectivity index (χ1n) is 6.83. The number of hydrogen-bond acceptors (Lipinski definition) is 4. The SMILES string of the molecule is N[C@@H](CC1CCCCC1)[C@@H](O)C(O)c1ccco1. The predicted molar refractivity (Wildman–Crippen MR) is 68.8 cm³/mol. The van der Waals surface area contributed by atoms with E-state index in [2.05, 4.69) is 0 Å². The van der Waals surface area contributed by atoms with Crippen molar-refractivity contribution in [3.8, 4) is 0 Å². The highest BCUT2D eigenvalue weighted by Gasteiger charge is 2.28. The summed E-state index contributed by atoms with van der Waals surface area (Å²) in [6.07, 6.45) is 6.48. The van der Waals surface area contributed by atoms with E-state index in [-0.39, 0.29) is 0 Å². The second kappa shape index (κ2) is 6.36. The van der Waals surface area contributed by atoms with Gasteiger partial charge in [-0.2, -0.15) is 0 Å². The average molecular weight is 253 g/mol. The molecule has 4 N–H and O–H groups in total. The average Bonchev–Trinajstić information content (AvgIpc) is 2.92. The van der Waals surface area contributed by atoms with Crippen molar-refractivity contribution >= 4 is 0 Å².